The molecule has 1 rings (SSSR count). The molecule has 60 valence electrons. The molecule has 0 bridgehead atoms. The molecule has 1 aromatic heterocycles. The van der Waals surface area contributed by atoms with E-state index in [1.54, 1.807) is 12.1 Å². The fourth-order valence-corrected chi connectivity index (χ4v) is 1.04. The van der Waals surface area contributed by atoms with Crippen molar-refractivity contribution in [2.45, 2.75) is 20.1 Å². The lowest BCUT2D eigenvalue weighted by molar-refractivity contribution is 0.186. The molecule has 1 unspecified atom stereocenters. The minimum atomic E-state index is -0.893. The third-order valence-corrected chi connectivity index (χ3v) is 1.45. The van der Waals surface area contributed by atoms with E-state index in [1.165, 1.54) is 0 Å². The second-order valence-corrected chi connectivity index (χ2v) is 2.63. The molecule has 0 fully saturated rings. The Bertz CT molecular complexity index is 238. The summed E-state index contributed by atoms with van der Waals surface area (Å²) in [5, 5.41) is 9.02. The highest BCUT2D eigenvalue weighted by atomic mass is 16.3. The van der Waals surface area contributed by atoms with Crippen molar-refractivity contribution in [2.75, 3.05) is 0 Å². The van der Waals surface area contributed by atoms with E-state index in [4.69, 9.17) is 10.8 Å². The summed E-state index contributed by atoms with van der Waals surface area (Å²) < 4.78 is 0. The lowest BCUT2D eigenvalue weighted by atomic mass is 10.2. The lowest BCUT2D eigenvalue weighted by Gasteiger charge is -2.05. The Hall–Kier alpha value is -0.930. The summed E-state index contributed by atoms with van der Waals surface area (Å²) in [4.78, 5) is 4.15. The molecule has 0 aliphatic carbocycles. The van der Waals surface area contributed by atoms with Crippen LogP contribution in [0.5, 0.6) is 0 Å². The molecule has 0 aliphatic rings. The van der Waals surface area contributed by atoms with Crippen LogP contribution in [0.15, 0.2) is 12.1 Å². The van der Waals surface area contributed by atoms with Crippen molar-refractivity contribution in [1.29, 1.82) is 0 Å². The molecule has 1 atom stereocenters. The van der Waals surface area contributed by atoms with Crippen LogP contribution in [0, 0.1) is 13.8 Å². The third-order valence-electron chi connectivity index (χ3n) is 1.45. The van der Waals surface area contributed by atoms with Gasteiger partial charge < -0.3 is 10.8 Å². The highest BCUT2D eigenvalue weighted by Crippen LogP contribution is 2.09. The number of aliphatic hydroxyl groups is 1. The van der Waals surface area contributed by atoms with E-state index < -0.39 is 6.23 Å². The van der Waals surface area contributed by atoms with E-state index in [2.05, 4.69) is 4.98 Å². The van der Waals surface area contributed by atoms with Crippen LogP contribution in [-0.4, -0.2) is 10.1 Å². The number of rotatable bonds is 1. The molecule has 11 heavy (non-hydrogen) atoms. The van der Waals surface area contributed by atoms with E-state index >= 15 is 0 Å². The Labute approximate surface area is 65.9 Å². The highest BCUT2D eigenvalue weighted by molar-refractivity contribution is 5.21. The summed E-state index contributed by atoms with van der Waals surface area (Å²) in [5.74, 6) is 0. The van der Waals surface area contributed by atoms with Gasteiger partial charge in [-0.1, -0.05) is 0 Å². The minimum absolute atomic E-state index is 0.718. The second kappa shape index (κ2) is 2.98. The first kappa shape index (κ1) is 8.17. The van der Waals surface area contributed by atoms with Gasteiger partial charge >= 0.3 is 0 Å². The number of aromatic nitrogens is 1. The van der Waals surface area contributed by atoms with Crippen molar-refractivity contribution in [3.05, 3.63) is 29.1 Å². The minimum Gasteiger partial charge on any atom is -0.375 e. The number of hydrogen-bond donors (Lipinski definition) is 2. The maximum absolute atomic E-state index is 9.02. The van der Waals surface area contributed by atoms with Crippen LogP contribution >= 0.6 is 0 Å². The van der Waals surface area contributed by atoms with Crippen LogP contribution in [0.3, 0.4) is 0 Å². The van der Waals surface area contributed by atoms with Gasteiger partial charge in [-0.05, 0) is 31.5 Å². The standard InChI is InChI=1S/C8H12N2O/c1-5-3-7(8(9)11)4-6(2)10-5/h3-4,8,11H,9H2,1-2H3. The maximum atomic E-state index is 9.02. The topological polar surface area (TPSA) is 59.1 Å². The first-order valence-corrected chi connectivity index (χ1v) is 3.48. The molecule has 1 aromatic rings. The average Bonchev–Trinajstić information content (AvgIpc) is 1.85. The van der Waals surface area contributed by atoms with Crippen LogP contribution in [-0.2, 0) is 0 Å². The Kier molecular flexibility index (Phi) is 2.22. The molecule has 0 saturated heterocycles. The quantitative estimate of drug-likeness (QED) is 0.581. The predicted octanol–water partition coefficient (Wildman–Crippen LogP) is 0.648. The Morgan fingerprint density at radius 1 is 1.36 bits per heavy atom. The van der Waals surface area contributed by atoms with Crippen LogP contribution in [0.2, 0.25) is 0 Å². The number of nitrogens with zero attached hydrogens (tertiary/aromatic N) is 1. The second-order valence-electron chi connectivity index (χ2n) is 2.63. The van der Waals surface area contributed by atoms with E-state index in [1.807, 2.05) is 13.8 Å². The number of aryl methyl sites for hydroxylation is 2. The van der Waals surface area contributed by atoms with Crippen LogP contribution in [0.25, 0.3) is 0 Å². The summed E-state index contributed by atoms with van der Waals surface area (Å²) in [6, 6.07) is 3.55. The Morgan fingerprint density at radius 3 is 2.18 bits per heavy atom. The molecule has 3 heteroatoms. The number of nitrogens with two attached hydrogens (primary N) is 1. The van der Waals surface area contributed by atoms with Gasteiger partial charge in [-0.2, -0.15) is 0 Å². The average molecular weight is 152 g/mol. The predicted molar refractivity (Wildman–Crippen MR) is 42.9 cm³/mol. The van der Waals surface area contributed by atoms with Gasteiger partial charge in [-0.3, -0.25) is 4.98 Å². The van der Waals surface area contributed by atoms with Crippen molar-refractivity contribution < 1.29 is 5.11 Å². The molecule has 3 nitrogen and oxygen atoms in total. The molecule has 0 aromatic carbocycles. The van der Waals surface area contributed by atoms with Crippen molar-refractivity contribution in [2.24, 2.45) is 5.73 Å². The van der Waals surface area contributed by atoms with E-state index in [0.717, 1.165) is 17.0 Å². The molecular weight excluding hydrogens is 140 g/mol. The molecule has 3 N–H and O–H groups in total. The van der Waals surface area contributed by atoms with Gasteiger partial charge in [-0.15, -0.1) is 0 Å². The summed E-state index contributed by atoms with van der Waals surface area (Å²) >= 11 is 0. The van der Waals surface area contributed by atoms with Crippen LogP contribution in [0.1, 0.15) is 23.2 Å². The highest BCUT2D eigenvalue weighted by Gasteiger charge is 2.01. The maximum Gasteiger partial charge on any atom is 0.128 e. The Balaban J connectivity index is 3.08. The zero-order valence-electron chi connectivity index (χ0n) is 6.70. The molecule has 0 saturated carbocycles. The van der Waals surface area contributed by atoms with Crippen molar-refractivity contribution in [1.82, 2.24) is 4.98 Å². The summed E-state index contributed by atoms with van der Waals surface area (Å²) in [7, 11) is 0. The molecule has 0 spiro atoms. The number of pyridine rings is 1. The SMILES string of the molecule is Cc1cc(C(N)O)cc(C)n1. The van der Waals surface area contributed by atoms with Gasteiger partial charge in [0, 0.05) is 11.4 Å². The van der Waals surface area contributed by atoms with Crippen molar-refractivity contribution in [3.8, 4) is 0 Å². The molecule has 0 aliphatic heterocycles. The van der Waals surface area contributed by atoms with Crippen molar-refractivity contribution >= 4 is 0 Å². The van der Waals surface area contributed by atoms with Gasteiger partial charge in [0.1, 0.15) is 6.23 Å². The Morgan fingerprint density at radius 2 is 1.82 bits per heavy atom. The zero-order valence-corrected chi connectivity index (χ0v) is 6.70. The third kappa shape index (κ3) is 2.00. The first-order valence-electron chi connectivity index (χ1n) is 3.48. The van der Waals surface area contributed by atoms with Gasteiger partial charge in [0.25, 0.3) is 0 Å². The largest absolute Gasteiger partial charge is 0.375 e. The molecule has 1 heterocycles. The van der Waals surface area contributed by atoms with Gasteiger partial charge in [0.05, 0.1) is 0 Å². The molecule has 0 amide bonds. The van der Waals surface area contributed by atoms with E-state index in [0.29, 0.717) is 0 Å². The van der Waals surface area contributed by atoms with Gasteiger partial charge in [0.2, 0.25) is 0 Å². The lowest BCUT2D eigenvalue weighted by Crippen LogP contribution is -2.09. The van der Waals surface area contributed by atoms with Crippen molar-refractivity contribution in [3.63, 3.8) is 0 Å². The van der Waals surface area contributed by atoms with Crippen LogP contribution < -0.4 is 5.73 Å². The number of hydrogen-bond acceptors (Lipinski definition) is 3. The van der Waals surface area contributed by atoms with Crippen LogP contribution in [0.4, 0.5) is 0 Å². The normalized spacial score (nSPS) is 13.1. The summed E-state index contributed by atoms with van der Waals surface area (Å²) in [5.41, 5.74) is 7.76. The number of aliphatic hydroxyl groups excluding tert-OH is 1. The first-order chi connectivity index (χ1) is 5.09. The fraction of sp³-hybridized carbons (Fsp3) is 0.375. The van der Waals surface area contributed by atoms with Gasteiger partial charge in [0.15, 0.2) is 0 Å². The summed E-state index contributed by atoms with van der Waals surface area (Å²) in [6.07, 6.45) is -0.893. The summed E-state index contributed by atoms with van der Waals surface area (Å²) in [6.45, 7) is 3.75. The zero-order chi connectivity index (χ0) is 8.43. The monoisotopic (exact) mass is 152 g/mol. The van der Waals surface area contributed by atoms with E-state index in [9.17, 15) is 0 Å². The fourth-order valence-electron chi connectivity index (χ4n) is 1.04. The van der Waals surface area contributed by atoms with Gasteiger partial charge in [-0.25, -0.2) is 0 Å². The van der Waals surface area contributed by atoms with E-state index in [-0.39, 0.29) is 0 Å². The smallest absolute Gasteiger partial charge is 0.128 e. The molecule has 0 radical (unpaired) electrons. The molecular formula is C8H12N2O.